The van der Waals surface area contributed by atoms with E-state index in [1.165, 1.54) is 16.9 Å². The number of amides is 2. The van der Waals surface area contributed by atoms with Crippen molar-refractivity contribution >= 4 is 17.5 Å². The van der Waals surface area contributed by atoms with Crippen LogP contribution in [-0.2, 0) is 11.8 Å². The van der Waals surface area contributed by atoms with Gasteiger partial charge in [0.2, 0.25) is 5.91 Å². The first-order valence-electron chi connectivity index (χ1n) is 12.5. The Bertz CT molecular complexity index is 1550. The van der Waals surface area contributed by atoms with Crippen LogP contribution in [0.1, 0.15) is 33.2 Å². The summed E-state index contributed by atoms with van der Waals surface area (Å²) < 4.78 is 1.46. The van der Waals surface area contributed by atoms with E-state index >= 15 is 0 Å². The molecule has 0 saturated heterocycles. The zero-order valence-electron chi connectivity index (χ0n) is 21.5. The first-order chi connectivity index (χ1) is 18.9. The van der Waals surface area contributed by atoms with Crippen molar-refractivity contribution in [1.82, 2.24) is 25.3 Å². The summed E-state index contributed by atoms with van der Waals surface area (Å²) in [5, 5.41) is 27.5. The van der Waals surface area contributed by atoms with Crippen LogP contribution in [0.15, 0.2) is 97.3 Å². The number of aromatic hydroxyl groups is 1. The Morgan fingerprint density at radius 2 is 1.59 bits per heavy atom. The summed E-state index contributed by atoms with van der Waals surface area (Å²) in [4.78, 5) is 27.2. The van der Waals surface area contributed by atoms with Crippen LogP contribution in [0.4, 0.5) is 5.69 Å². The molecular formula is C30H28N6O3. The second-order valence-corrected chi connectivity index (χ2v) is 9.22. The van der Waals surface area contributed by atoms with Gasteiger partial charge in [0, 0.05) is 47.7 Å². The van der Waals surface area contributed by atoms with Gasteiger partial charge in [-0.2, -0.15) is 10.2 Å². The Kier molecular flexibility index (Phi) is 7.22. The van der Waals surface area contributed by atoms with E-state index in [0.717, 1.165) is 22.4 Å². The number of carbonyl (C=O) groups is 2. The predicted octanol–water partition coefficient (Wildman–Crippen LogP) is 4.39. The lowest BCUT2D eigenvalue weighted by molar-refractivity contribution is -0.118. The molecule has 5 rings (SSSR count). The van der Waals surface area contributed by atoms with E-state index in [-0.39, 0.29) is 5.75 Å². The highest BCUT2D eigenvalue weighted by Gasteiger charge is 2.33. The number of benzene rings is 3. The Balaban J connectivity index is 1.51. The van der Waals surface area contributed by atoms with Crippen LogP contribution < -0.4 is 10.6 Å². The molecule has 0 bridgehead atoms. The van der Waals surface area contributed by atoms with E-state index in [4.69, 9.17) is 0 Å². The number of nitrogens with zero attached hydrogens (tertiary/aromatic N) is 3. The fraction of sp³-hybridized carbons (Fsp3) is 0.133. The van der Waals surface area contributed by atoms with Crippen molar-refractivity contribution in [1.29, 1.82) is 0 Å². The summed E-state index contributed by atoms with van der Waals surface area (Å²) in [5.74, 6) is -1.36. The van der Waals surface area contributed by atoms with E-state index in [2.05, 4.69) is 25.9 Å². The Hall–Kier alpha value is -5.18. The third-order valence-corrected chi connectivity index (χ3v) is 6.66. The van der Waals surface area contributed by atoms with E-state index in [0.29, 0.717) is 16.9 Å². The first-order valence-corrected chi connectivity index (χ1v) is 12.5. The average Bonchev–Trinajstić information content (AvgIpc) is 3.57. The van der Waals surface area contributed by atoms with Gasteiger partial charge >= 0.3 is 0 Å². The maximum absolute atomic E-state index is 13.9. The lowest BCUT2D eigenvalue weighted by Gasteiger charge is -2.28. The fourth-order valence-electron chi connectivity index (χ4n) is 4.69. The van der Waals surface area contributed by atoms with Gasteiger partial charge in [0.05, 0.1) is 6.20 Å². The van der Waals surface area contributed by atoms with Gasteiger partial charge in [0.15, 0.2) is 0 Å². The average molecular weight is 521 g/mol. The molecule has 5 aromatic rings. The molecule has 39 heavy (non-hydrogen) atoms. The molecule has 2 amide bonds. The van der Waals surface area contributed by atoms with Gasteiger partial charge in [0.1, 0.15) is 17.5 Å². The number of hydrogen-bond acceptors (Lipinski definition) is 5. The van der Waals surface area contributed by atoms with Gasteiger partial charge in [-0.25, -0.2) is 0 Å². The number of carbonyl (C=O) groups excluding carboxylic acids is 2. The van der Waals surface area contributed by atoms with Crippen molar-refractivity contribution in [2.75, 3.05) is 5.32 Å². The Labute approximate surface area is 225 Å². The molecule has 0 aliphatic heterocycles. The largest absolute Gasteiger partial charge is 0.507 e. The highest BCUT2D eigenvalue weighted by molar-refractivity contribution is 6.01. The van der Waals surface area contributed by atoms with Crippen LogP contribution >= 0.6 is 0 Å². The van der Waals surface area contributed by atoms with Gasteiger partial charge in [-0.3, -0.25) is 19.4 Å². The van der Waals surface area contributed by atoms with E-state index in [1.54, 1.807) is 31.4 Å². The number of aromatic amines is 1. The van der Waals surface area contributed by atoms with Crippen LogP contribution in [0.25, 0.3) is 11.1 Å². The second kappa shape index (κ2) is 11.1. The zero-order chi connectivity index (χ0) is 27.4. The maximum atomic E-state index is 13.9. The number of phenolic OH excluding ortho intramolecular Hbond substituents is 1. The second-order valence-electron chi connectivity index (χ2n) is 9.22. The van der Waals surface area contributed by atoms with E-state index in [9.17, 15) is 14.7 Å². The number of rotatable bonds is 8. The zero-order valence-corrected chi connectivity index (χ0v) is 21.5. The number of anilines is 1. The van der Waals surface area contributed by atoms with Crippen LogP contribution in [0.2, 0.25) is 0 Å². The molecule has 3 aromatic carbocycles. The van der Waals surface area contributed by atoms with Crippen LogP contribution in [0, 0.1) is 6.92 Å². The van der Waals surface area contributed by atoms with Crippen molar-refractivity contribution in [3.05, 3.63) is 120 Å². The molecule has 0 radical (unpaired) electrons. The Morgan fingerprint density at radius 3 is 2.13 bits per heavy atom. The normalized spacial score (nSPS) is 11.8. The smallest absolute Gasteiger partial charge is 0.270 e. The van der Waals surface area contributed by atoms with Crippen molar-refractivity contribution in [2.24, 2.45) is 7.05 Å². The summed E-state index contributed by atoms with van der Waals surface area (Å²) in [6, 6.07) is 24.7. The number of phenols is 1. The monoisotopic (exact) mass is 520 g/mol. The molecule has 1 atom stereocenters. The lowest BCUT2D eigenvalue weighted by atomic mass is 9.84. The molecule has 0 unspecified atom stereocenters. The van der Waals surface area contributed by atoms with Crippen LogP contribution in [0.3, 0.4) is 0 Å². The minimum Gasteiger partial charge on any atom is -0.507 e. The molecule has 0 aliphatic carbocycles. The maximum Gasteiger partial charge on any atom is 0.270 e. The lowest BCUT2D eigenvalue weighted by Crippen LogP contribution is -2.48. The van der Waals surface area contributed by atoms with E-state index in [1.807, 2.05) is 67.6 Å². The molecule has 0 aliphatic rings. The predicted molar refractivity (Wildman–Crippen MR) is 148 cm³/mol. The molecule has 0 fully saturated rings. The summed E-state index contributed by atoms with van der Waals surface area (Å²) in [6.07, 6.45) is 3.17. The summed E-state index contributed by atoms with van der Waals surface area (Å²) in [7, 11) is 1.67. The minimum absolute atomic E-state index is 0.00422. The molecule has 9 heteroatoms. The van der Waals surface area contributed by atoms with E-state index < -0.39 is 23.8 Å². The molecule has 0 spiro atoms. The third kappa shape index (κ3) is 5.42. The number of nitrogens with one attached hydrogen (secondary N) is 3. The number of aryl methyl sites for hydroxylation is 2. The van der Waals surface area contributed by atoms with Crippen LogP contribution in [-0.4, -0.2) is 42.9 Å². The van der Waals surface area contributed by atoms with Crippen molar-refractivity contribution in [3.63, 3.8) is 0 Å². The SMILES string of the molecule is Cc1[nH]ncc1-c1ccc(NC(=O)[C@@H](NC(=O)c2ccnn2C)C(c2ccccc2)c2ccccc2)cc1O. The standard InChI is InChI=1S/C30H28N6O3/c1-19-24(18-31-35-19)23-14-13-22(17-26(23)37)33-30(39)28(34-29(38)25-15-16-32-36(25)2)27(20-9-5-3-6-10-20)21-11-7-4-8-12-21/h3-18,27-28,37H,1-2H3,(H,31,35)(H,33,39)(H,34,38)/t28-/m0/s1. The molecule has 4 N–H and O–H groups in total. The molecule has 2 heterocycles. The van der Waals surface area contributed by atoms with Gasteiger partial charge in [-0.05, 0) is 36.2 Å². The molecule has 9 nitrogen and oxygen atoms in total. The van der Waals surface area contributed by atoms with Crippen LogP contribution in [0.5, 0.6) is 5.75 Å². The number of aromatic nitrogens is 4. The van der Waals surface area contributed by atoms with Crippen molar-refractivity contribution < 1.29 is 14.7 Å². The summed E-state index contributed by atoms with van der Waals surface area (Å²) in [6.45, 7) is 1.86. The quantitative estimate of drug-likeness (QED) is 0.241. The molecule has 0 saturated carbocycles. The van der Waals surface area contributed by atoms with Crippen molar-refractivity contribution in [2.45, 2.75) is 18.9 Å². The topological polar surface area (TPSA) is 125 Å². The number of H-pyrrole nitrogens is 1. The summed E-state index contributed by atoms with van der Waals surface area (Å²) in [5.41, 5.74) is 4.61. The van der Waals surface area contributed by atoms with Gasteiger partial charge in [-0.1, -0.05) is 60.7 Å². The number of hydrogen-bond donors (Lipinski definition) is 4. The van der Waals surface area contributed by atoms with Crippen molar-refractivity contribution in [3.8, 4) is 16.9 Å². The van der Waals surface area contributed by atoms with Gasteiger partial charge in [0.25, 0.3) is 5.91 Å². The fourth-order valence-corrected chi connectivity index (χ4v) is 4.69. The summed E-state index contributed by atoms with van der Waals surface area (Å²) >= 11 is 0. The third-order valence-electron chi connectivity index (χ3n) is 6.66. The van der Waals surface area contributed by atoms with Gasteiger partial charge < -0.3 is 15.7 Å². The highest BCUT2D eigenvalue weighted by Crippen LogP contribution is 2.34. The van der Waals surface area contributed by atoms with Gasteiger partial charge in [-0.15, -0.1) is 0 Å². The highest BCUT2D eigenvalue weighted by atomic mass is 16.3. The minimum atomic E-state index is -0.991. The molecular weight excluding hydrogens is 492 g/mol. The Morgan fingerprint density at radius 1 is 0.923 bits per heavy atom. The molecule has 2 aromatic heterocycles. The molecule has 196 valence electrons. The first kappa shape index (κ1) is 25.5.